The number of amides is 1. The van der Waals surface area contributed by atoms with E-state index < -0.39 is 15.8 Å². The van der Waals surface area contributed by atoms with Crippen molar-refractivity contribution >= 4 is 38.9 Å². The van der Waals surface area contributed by atoms with Gasteiger partial charge in [0.2, 0.25) is 5.91 Å². The molecule has 2 aliphatic rings. The highest BCUT2D eigenvalue weighted by atomic mass is 35.5. The Morgan fingerprint density at radius 2 is 1.93 bits per heavy atom. The van der Waals surface area contributed by atoms with Crippen LogP contribution in [-0.2, 0) is 27.8 Å². The highest BCUT2D eigenvalue weighted by Crippen LogP contribution is 2.33. The first-order chi connectivity index (χ1) is 13.9. The van der Waals surface area contributed by atoms with Crippen LogP contribution in [0.25, 0.3) is 0 Å². The van der Waals surface area contributed by atoms with Crippen molar-refractivity contribution in [3.05, 3.63) is 51.6 Å². The van der Waals surface area contributed by atoms with Gasteiger partial charge in [0, 0.05) is 34.6 Å². The quantitative estimate of drug-likeness (QED) is 0.631. The molecular formula is C20H22ClFN2O3S2. The Morgan fingerprint density at radius 1 is 1.21 bits per heavy atom. The molecule has 4 rings (SSSR count). The Morgan fingerprint density at radius 3 is 2.59 bits per heavy atom. The van der Waals surface area contributed by atoms with Gasteiger partial charge < -0.3 is 4.90 Å². The van der Waals surface area contributed by atoms with E-state index in [1.165, 1.54) is 10.4 Å². The Kier molecular flexibility index (Phi) is 5.97. The highest BCUT2D eigenvalue weighted by molar-refractivity contribution is 7.91. The smallest absolute Gasteiger partial charge is 0.252 e. The van der Waals surface area contributed by atoms with E-state index in [9.17, 15) is 17.6 Å². The minimum atomic E-state index is -3.48. The van der Waals surface area contributed by atoms with Gasteiger partial charge >= 0.3 is 0 Å². The third-order valence-electron chi connectivity index (χ3n) is 5.32. The average molecular weight is 457 g/mol. The lowest BCUT2D eigenvalue weighted by atomic mass is 10.2. The molecule has 1 aromatic heterocycles. The topological polar surface area (TPSA) is 57.7 Å². The number of benzene rings is 1. The SMILES string of the molecule is O=C(Cc1ccc(S(=O)(=O)N2CCCC2)s1)N(Cc1c(F)cccc1Cl)C1CC1. The summed E-state index contributed by atoms with van der Waals surface area (Å²) in [5.41, 5.74) is 0.317. The molecule has 0 bridgehead atoms. The number of carbonyl (C=O) groups is 1. The van der Waals surface area contributed by atoms with Crippen LogP contribution in [0, 0.1) is 5.82 Å². The normalized spacial score (nSPS) is 17.6. The summed E-state index contributed by atoms with van der Waals surface area (Å²) in [6.07, 6.45) is 3.63. The maximum Gasteiger partial charge on any atom is 0.252 e. The van der Waals surface area contributed by atoms with E-state index in [0.29, 0.717) is 28.6 Å². The zero-order valence-electron chi connectivity index (χ0n) is 15.8. The zero-order chi connectivity index (χ0) is 20.6. The van der Waals surface area contributed by atoms with Gasteiger partial charge in [0.05, 0.1) is 13.0 Å². The van der Waals surface area contributed by atoms with Gasteiger partial charge in [0.25, 0.3) is 10.0 Å². The monoisotopic (exact) mass is 456 g/mol. The van der Waals surface area contributed by atoms with E-state index in [4.69, 9.17) is 11.6 Å². The van der Waals surface area contributed by atoms with E-state index in [0.717, 1.165) is 37.0 Å². The Labute approximate surface area is 179 Å². The van der Waals surface area contributed by atoms with Crippen molar-refractivity contribution in [3.63, 3.8) is 0 Å². The second-order valence-corrected chi connectivity index (χ2v) is 11.2. The Balaban J connectivity index is 1.48. The lowest BCUT2D eigenvalue weighted by molar-refractivity contribution is -0.131. The number of sulfonamides is 1. The van der Waals surface area contributed by atoms with Crippen LogP contribution in [0.2, 0.25) is 5.02 Å². The number of hydrogen-bond acceptors (Lipinski definition) is 4. The molecule has 1 aliphatic carbocycles. The molecular weight excluding hydrogens is 435 g/mol. The van der Waals surface area contributed by atoms with Crippen LogP contribution in [0.4, 0.5) is 4.39 Å². The molecule has 2 heterocycles. The summed E-state index contributed by atoms with van der Waals surface area (Å²) in [7, 11) is -3.48. The minimum absolute atomic E-state index is 0.0888. The standard InChI is InChI=1S/C20H22ClFN2O3S2/c21-17-4-3-5-18(22)16(17)13-24(14-6-7-14)19(25)12-15-8-9-20(28-15)29(26,27)23-10-1-2-11-23/h3-5,8-9,14H,1-2,6-7,10-13H2. The predicted octanol–water partition coefficient (Wildman–Crippen LogP) is 4.06. The molecule has 5 nitrogen and oxygen atoms in total. The third kappa shape index (κ3) is 4.50. The highest BCUT2D eigenvalue weighted by Gasteiger charge is 2.34. The van der Waals surface area contributed by atoms with Crippen molar-refractivity contribution in [1.82, 2.24) is 9.21 Å². The van der Waals surface area contributed by atoms with E-state index in [2.05, 4.69) is 0 Å². The Bertz CT molecular complexity index is 994. The number of nitrogens with zero attached hydrogens (tertiary/aromatic N) is 2. The molecule has 0 unspecified atom stereocenters. The van der Waals surface area contributed by atoms with E-state index in [1.54, 1.807) is 29.2 Å². The van der Waals surface area contributed by atoms with Crippen LogP contribution in [0.5, 0.6) is 0 Å². The third-order valence-corrected chi connectivity index (χ3v) is 9.13. The van der Waals surface area contributed by atoms with Crippen molar-refractivity contribution in [3.8, 4) is 0 Å². The zero-order valence-corrected chi connectivity index (χ0v) is 18.2. The van der Waals surface area contributed by atoms with Crippen molar-refractivity contribution in [2.24, 2.45) is 0 Å². The van der Waals surface area contributed by atoms with Crippen molar-refractivity contribution in [1.29, 1.82) is 0 Å². The molecule has 9 heteroatoms. The summed E-state index contributed by atoms with van der Waals surface area (Å²) in [6.45, 7) is 1.22. The van der Waals surface area contributed by atoms with Crippen molar-refractivity contribution < 1.29 is 17.6 Å². The lowest BCUT2D eigenvalue weighted by Crippen LogP contribution is -2.34. The van der Waals surface area contributed by atoms with Gasteiger partial charge in [0.1, 0.15) is 10.0 Å². The summed E-state index contributed by atoms with van der Waals surface area (Å²) < 4.78 is 41.3. The summed E-state index contributed by atoms with van der Waals surface area (Å²) >= 11 is 7.27. The molecule has 1 amide bonds. The maximum absolute atomic E-state index is 14.2. The molecule has 1 aliphatic heterocycles. The number of rotatable bonds is 7. The first-order valence-electron chi connectivity index (χ1n) is 9.67. The first-order valence-corrected chi connectivity index (χ1v) is 12.3. The number of carbonyl (C=O) groups excluding carboxylic acids is 1. The fourth-order valence-corrected chi connectivity index (χ4v) is 6.80. The first kappa shape index (κ1) is 20.8. The van der Waals surface area contributed by atoms with Crippen LogP contribution in [0.1, 0.15) is 36.1 Å². The summed E-state index contributed by atoms with van der Waals surface area (Å²) in [5.74, 6) is -0.565. The van der Waals surface area contributed by atoms with Gasteiger partial charge in [-0.25, -0.2) is 12.8 Å². The van der Waals surface area contributed by atoms with Gasteiger partial charge in [0.15, 0.2) is 0 Å². The molecule has 2 aromatic rings. The fraction of sp³-hybridized carbons (Fsp3) is 0.450. The van der Waals surface area contributed by atoms with E-state index in [-0.39, 0.29) is 29.1 Å². The molecule has 29 heavy (non-hydrogen) atoms. The van der Waals surface area contributed by atoms with E-state index in [1.807, 2.05) is 0 Å². The average Bonchev–Trinajstić information content (AvgIpc) is 3.16. The molecule has 2 fully saturated rings. The van der Waals surface area contributed by atoms with Crippen molar-refractivity contribution in [2.75, 3.05) is 13.1 Å². The van der Waals surface area contributed by atoms with Crippen molar-refractivity contribution in [2.45, 2.75) is 48.9 Å². The number of hydrogen-bond donors (Lipinski definition) is 0. The van der Waals surface area contributed by atoms with Gasteiger partial charge in [-0.2, -0.15) is 4.31 Å². The largest absolute Gasteiger partial charge is 0.335 e. The van der Waals surface area contributed by atoms with Gasteiger partial charge in [-0.3, -0.25) is 4.79 Å². The molecule has 0 atom stereocenters. The van der Waals surface area contributed by atoms with E-state index >= 15 is 0 Å². The molecule has 156 valence electrons. The second-order valence-electron chi connectivity index (χ2n) is 7.46. The predicted molar refractivity (Wildman–Crippen MR) is 111 cm³/mol. The van der Waals surface area contributed by atoms with Crippen LogP contribution < -0.4 is 0 Å². The molecule has 1 saturated carbocycles. The maximum atomic E-state index is 14.2. The van der Waals surface area contributed by atoms with Gasteiger partial charge in [-0.1, -0.05) is 17.7 Å². The van der Waals surface area contributed by atoms with Gasteiger partial charge in [-0.05, 0) is 49.9 Å². The minimum Gasteiger partial charge on any atom is -0.335 e. The molecule has 0 radical (unpaired) electrons. The van der Waals surface area contributed by atoms with Gasteiger partial charge in [-0.15, -0.1) is 11.3 Å². The van der Waals surface area contributed by atoms with Crippen LogP contribution in [0.3, 0.4) is 0 Å². The molecule has 1 saturated heterocycles. The Hall–Kier alpha value is -1.48. The lowest BCUT2D eigenvalue weighted by Gasteiger charge is -2.23. The number of halogens is 2. The second kappa shape index (κ2) is 8.34. The molecule has 0 N–H and O–H groups in total. The summed E-state index contributed by atoms with van der Waals surface area (Å²) in [6, 6.07) is 7.86. The fourth-order valence-electron chi connectivity index (χ4n) is 3.56. The van der Waals surface area contributed by atoms with Crippen LogP contribution in [-0.4, -0.2) is 42.7 Å². The van der Waals surface area contributed by atoms with Crippen LogP contribution in [0.15, 0.2) is 34.5 Å². The summed E-state index contributed by atoms with van der Waals surface area (Å²) in [5, 5.41) is 0.304. The number of thiophene rings is 1. The molecule has 0 spiro atoms. The molecule has 1 aromatic carbocycles. The van der Waals surface area contributed by atoms with Crippen LogP contribution >= 0.6 is 22.9 Å². The summed E-state index contributed by atoms with van der Waals surface area (Å²) in [4.78, 5) is 15.3.